The van der Waals surface area contributed by atoms with E-state index in [-0.39, 0.29) is 12.4 Å². The van der Waals surface area contributed by atoms with Gasteiger partial charge in [0.15, 0.2) is 0 Å². The van der Waals surface area contributed by atoms with Crippen LogP contribution in [0, 0.1) is 0 Å². The van der Waals surface area contributed by atoms with Crippen LogP contribution in [0.3, 0.4) is 0 Å². The number of hydrogen-bond acceptors (Lipinski definition) is 3. The van der Waals surface area contributed by atoms with Crippen molar-refractivity contribution >= 4 is 0 Å². The molecule has 0 amide bonds. The first-order chi connectivity index (χ1) is 9.47. The highest BCUT2D eigenvalue weighted by Crippen LogP contribution is 2.31. The van der Waals surface area contributed by atoms with Crippen LogP contribution in [0.4, 0.5) is 13.2 Å². The second-order valence-corrected chi connectivity index (χ2v) is 4.23. The molecular weight excluding hydrogens is 269 g/mol. The Morgan fingerprint density at radius 3 is 2.65 bits per heavy atom. The zero-order valence-electron chi connectivity index (χ0n) is 10.5. The van der Waals surface area contributed by atoms with Gasteiger partial charge >= 0.3 is 6.18 Å². The third kappa shape index (κ3) is 3.71. The number of hydrogen-bond donors (Lipinski definition) is 1. The van der Waals surface area contributed by atoms with Crippen molar-refractivity contribution in [3.8, 4) is 5.75 Å². The molecule has 1 aromatic heterocycles. The molecule has 1 atom stereocenters. The Hall–Kier alpha value is -2.08. The van der Waals surface area contributed by atoms with Gasteiger partial charge in [-0.05, 0) is 29.8 Å². The summed E-state index contributed by atoms with van der Waals surface area (Å²) in [6.45, 7) is 0.0764. The van der Waals surface area contributed by atoms with Crippen molar-refractivity contribution in [3.63, 3.8) is 0 Å². The molecule has 2 rings (SSSR count). The highest BCUT2D eigenvalue weighted by molar-refractivity contribution is 5.30. The van der Waals surface area contributed by atoms with E-state index in [9.17, 15) is 13.2 Å². The van der Waals surface area contributed by atoms with Crippen LogP contribution in [0.2, 0.25) is 0 Å². The molecule has 1 heterocycles. The van der Waals surface area contributed by atoms with Gasteiger partial charge in [-0.1, -0.05) is 12.1 Å². The van der Waals surface area contributed by atoms with E-state index in [1.54, 1.807) is 24.5 Å². The summed E-state index contributed by atoms with van der Waals surface area (Å²) < 4.78 is 42.9. The van der Waals surface area contributed by atoms with Gasteiger partial charge < -0.3 is 10.5 Å². The summed E-state index contributed by atoms with van der Waals surface area (Å²) in [6.07, 6.45) is -1.17. The molecule has 2 N–H and O–H groups in total. The largest absolute Gasteiger partial charge is 0.492 e. The van der Waals surface area contributed by atoms with Crippen LogP contribution in [0.5, 0.6) is 5.75 Å². The molecule has 0 radical (unpaired) electrons. The highest BCUT2D eigenvalue weighted by Gasteiger charge is 2.30. The molecule has 1 unspecified atom stereocenters. The van der Waals surface area contributed by atoms with Crippen molar-refractivity contribution < 1.29 is 17.9 Å². The Kier molecular flexibility index (Phi) is 4.24. The van der Waals surface area contributed by atoms with E-state index >= 15 is 0 Å². The zero-order valence-corrected chi connectivity index (χ0v) is 10.5. The standard InChI is InChI=1S/C14H13F3N2O/c15-14(16,17)11-4-1-5-12(7-11)20-9-13(18)10-3-2-6-19-8-10/h1-8,13H,9,18H2. The van der Waals surface area contributed by atoms with Crippen molar-refractivity contribution in [2.45, 2.75) is 12.2 Å². The monoisotopic (exact) mass is 282 g/mol. The summed E-state index contributed by atoms with van der Waals surface area (Å²) in [5.41, 5.74) is 5.90. The minimum absolute atomic E-state index is 0.0764. The number of alkyl halides is 3. The average Bonchev–Trinajstić information content (AvgIpc) is 2.45. The van der Waals surface area contributed by atoms with Gasteiger partial charge in [0.25, 0.3) is 0 Å². The van der Waals surface area contributed by atoms with Crippen molar-refractivity contribution in [2.24, 2.45) is 5.73 Å². The summed E-state index contributed by atoms with van der Waals surface area (Å²) in [7, 11) is 0. The molecule has 0 bridgehead atoms. The maximum atomic E-state index is 12.5. The summed E-state index contributed by atoms with van der Waals surface area (Å²) in [4.78, 5) is 3.92. The van der Waals surface area contributed by atoms with Crippen molar-refractivity contribution in [2.75, 3.05) is 6.61 Å². The molecule has 0 saturated carbocycles. The van der Waals surface area contributed by atoms with Gasteiger partial charge in [-0.2, -0.15) is 13.2 Å². The number of benzene rings is 1. The quantitative estimate of drug-likeness (QED) is 0.937. The molecule has 20 heavy (non-hydrogen) atoms. The van der Waals surface area contributed by atoms with Crippen molar-refractivity contribution in [1.82, 2.24) is 4.98 Å². The van der Waals surface area contributed by atoms with Gasteiger partial charge in [-0.25, -0.2) is 0 Å². The number of nitrogens with zero attached hydrogens (tertiary/aromatic N) is 1. The fraction of sp³-hybridized carbons (Fsp3) is 0.214. The lowest BCUT2D eigenvalue weighted by atomic mass is 10.1. The minimum Gasteiger partial charge on any atom is -0.492 e. The Morgan fingerprint density at radius 1 is 1.20 bits per heavy atom. The molecule has 2 aromatic rings. The molecule has 0 saturated heterocycles. The molecule has 0 aliphatic carbocycles. The van der Waals surface area contributed by atoms with E-state index in [1.165, 1.54) is 12.1 Å². The number of pyridine rings is 1. The summed E-state index contributed by atoms with van der Waals surface area (Å²) in [5, 5.41) is 0. The van der Waals surface area contributed by atoms with Gasteiger partial charge in [0.1, 0.15) is 12.4 Å². The molecule has 0 aliphatic heterocycles. The van der Waals surface area contributed by atoms with Crippen LogP contribution in [-0.2, 0) is 6.18 Å². The van der Waals surface area contributed by atoms with Gasteiger partial charge in [0, 0.05) is 12.4 Å². The molecular formula is C14H13F3N2O. The fourth-order valence-electron chi connectivity index (χ4n) is 1.64. The van der Waals surface area contributed by atoms with Crippen LogP contribution in [0.1, 0.15) is 17.2 Å². The third-order valence-electron chi connectivity index (χ3n) is 2.70. The van der Waals surface area contributed by atoms with E-state index in [2.05, 4.69) is 4.98 Å². The predicted molar refractivity (Wildman–Crippen MR) is 68.1 cm³/mol. The molecule has 0 aliphatic rings. The van der Waals surface area contributed by atoms with Crippen LogP contribution in [0.25, 0.3) is 0 Å². The van der Waals surface area contributed by atoms with Crippen LogP contribution >= 0.6 is 0 Å². The smallest absolute Gasteiger partial charge is 0.416 e. The lowest BCUT2D eigenvalue weighted by molar-refractivity contribution is -0.137. The van der Waals surface area contributed by atoms with Crippen LogP contribution < -0.4 is 10.5 Å². The van der Waals surface area contributed by atoms with E-state index in [4.69, 9.17) is 10.5 Å². The first kappa shape index (κ1) is 14.3. The van der Waals surface area contributed by atoms with Gasteiger partial charge in [-0.15, -0.1) is 0 Å². The maximum Gasteiger partial charge on any atom is 0.416 e. The van der Waals surface area contributed by atoms with Crippen molar-refractivity contribution in [1.29, 1.82) is 0 Å². The van der Waals surface area contributed by atoms with Crippen molar-refractivity contribution in [3.05, 3.63) is 59.9 Å². The summed E-state index contributed by atoms with van der Waals surface area (Å²) in [5.74, 6) is 0.138. The van der Waals surface area contributed by atoms with Crippen LogP contribution in [0.15, 0.2) is 48.8 Å². The second kappa shape index (κ2) is 5.92. The number of aromatic nitrogens is 1. The number of nitrogens with two attached hydrogens (primary N) is 1. The zero-order chi connectivity index (χ0) is 14.6. The number of rotatable bonds is 4. The number of halogens is 3. The Balaban J connectivity index is 2.01. The highest BCUT2D eigenvalue weighted by atomic mass is 19.4. The van der Waals surface area contributed by atoms with Gasteiger partial charge in [0.05, 0.1) is 11.6 Å². The predicted octanol–water partition coefficient (Wildman–Crippen LogP) is 3.18. The van der Waals surface area contributed by atoms with Gasteiger partial charge in [-0.3, -0.25) is 4.98 Å². The molecule has 106 valence electrons. The third-order valence-corrected chi connectivity index (χ3v) is 2.70. The molecule has 6 heteroatoms. The topological polar surface area (TPSA) is 48.1 Å². The summed E-state index contributed by atoms with van der Waals surface area (Å²) >= 11 is 0. The molecule has 1 aromatic carbocycles. The maximum absolute atomic E-state index is 12.5. The lowest BCUT2D eigenvalue weighted by Gasteiger charge is -2.14. The Labute approximate surface area is 114 Å². The summed E-state index contributed by atoms with van der Waals surface area (Å²) in [6, 6.07) is 7.79. The molecule has 0 fully saturated rings. The number of ether oxygens (including phenoxy) is 1. The first-order valence-corrected chi connectivity index (χ1v) is 5.92. The first-order valence-electron chi connectivity index (χ1n) is 5.92. The molecule has 0 spiro atoms. The second-order valence-electron chi connectivity index (χ2n) is 4.23. The minimum atomic E-state index is -4.38. The van der Waals surface area contributed by atoms with E-state index in [0.29, 0.717) is 0 Å². The Bertz CT molecular complexity index is 558. The Morgan fingerprint density at radius 2 is 2.00 bits per heavy atom. The normalized spacial score (nSPS) is 13.0. The lowest BCUT2D eigenvalue weighted by Crippen LogP contribution is -2.19. The fourth-order valence-corrected chi connectivity index (χ4v) is 1.64. The van der Waals surface area contributed by atoms with E-state index < -0.39 is 17.8 Å². The van der Waals surface area contributed by atoms with E-state index in [1.807, 2.05) is 0 Å². The molecule has 3 nitrogen and oxygen atoms in total. The average molecular weight is 282 g/mol. The van der Waals surface area contributed by atoms with E-state index in [0.717, 1.165) is 17.7 Å². The SMILES string of the molecule is NC(COc1cccc(C(F)(F)F)c1)c1cccnc1. The van der Waals surface area contributed by atoms with Crippen LogP contribution in [-0.4, -0.2) is 11.6 Å². The van der Waals surface area contributed by atoms with Gasteiger partial charge in [0.2, 0.25) is 0 Å².